The van der Waals surface area contributed by atoms with Crippen LogP contribution in [-0.4, -0.2) is 18.8 Å². The smallest absolute Gasteiger partial charge is 0.413 e. The van der Waals surface area contributed by atoms with Crippen LogP contribution >= 0.6 is 0 Å². The van der Waals surface area contributed by atoms with Gasteiger partial charge in [-0.2, -0.15) is 0 Å². The molecule has 92 valence electrons. The molecule has 6 nitrogen and oxygen atoms in total. The standard InChI is InChI=1S/C10H19N3O3/c1-10(2,3)16-9(14)13-8(12)5-7(6-11)15-4/h5-6H,11-12H2,1-4H3,(H,13,14)/b7-6+,8-5+. The molecule has 0 saturated carbocycles. The Morgan fingerprint density at radius 1 is 1.38 bits per heavy atom. The number of carbonyl (C=O) groups excluding carboxylic acids is 1. The van der Waals surface area contributed by atoms with E-state index < -0.39 is 11.7 Å². The Kier molecular flexibility index (Phi) is 5.21. The zero-order valence-electron chi connectivity index (χ0n) is 10.0. The lowest BCUT2D eigenvalue weighted by atomic mass is 10.2. The zero-order chi connectivity index (χ0) is 12.8. The van der Waals surface area contributed by atoms with Crippen molar-refractivity contribution in [2.45, 2.75) is 26.4 Å². The quantitative estimate of drug-likeness (QED) is 0.490. The van der Waals surface area contributed by atoms with Crippen molar-refractivity contribution in [3.63, 3.8) is 0 Å². The molecular formula is C10H19N3O3. The van der Waals surface area contributed by atoms with Gasteiger partial charge in [-0.1, -0.05) is 0 Å². The Bertz CT molecular complexity index is 303. The normalized spacial score (nSPS) is 13.2. The summed E-state index contributed by atoms with van der Waals surface area (Å²) < 4.78 is 9.84. The van der Waals surface area contributed by atoms with E-state index in [4.69, 9.17) is 20.9 Å². The molecule has 0 unspecified atom stereocenters. The minimum Gasteiger partial charge on any atom is -0.495 e. The van der Waals surface area contributed by atoms with Gasteiger partial charge in [0.05, 0.1) is 7.11 Å². The minimum atomic E-state index is -0.631. The van der Waals surface area contributed by atoms with E-state index in [0.29, 0.717) is 5.76 Å². The average molecular weight is 229 g/mol. The fraction of sp³-hybridized carbons (Fsp3) is 0.500. The summed E-state index contributed by atoms with van der Waals surface area (Å²) in [5, 5.41) is 2.34. The minimum absolute atomic E-state index is 0.0906. The van der Waals surface area contributed by atoms with Crippen LogP contribution < -0.4 is 16.8 Å². The van der Waals surface area contributed by atoms with Gasteiger partial charge in [0.15, 0.2) is 0 Å². The van der Waals surface area contributed by atoms with E-state index >= 15 is 0 Å². The topological polar surface area (TPSA) is 99.6 Å². The molecule has 0 bridgehead atoms. The molecule has 6 heteroatoms. The number of hydrogen-bond acceptors (Lipinski definition) is 5. The predicted molar refractivity (Wildman–Crippen MR) is 60.9 cm³/mol. The third kappa shape index (κ3) is 6.58. The van der Waals surface area contributed by atoms with Crippen LogP contribution in [0.2, 0.25) is 0 Å². The number of hydrogen-bond donors (Lipinski definition) is 3. The summed E-state index contributed by atoms with van der Waals surface area (Å²) in [7, 11) is 1.44. The van der Waals surface area contributed by atoms with Gasteiger partial charge >= 0.3 is 6.09 Å². The van der Waals surface area contributed by atoms with Crippen LogP contribution in [0.15, 0.2) is 23.9 Å². The largest absolute Gasteiger partial charge is 0.495 e. The molecular weight excluding hydrogens is 210 g/mol. The van der Waals surface area contributed by atoms with Crippen LogP contribution in [0.1, 0.15) is 20.8 Å². The first-order valence-corrected chi connectivity index (χ1v) is 4.71. The monoisotopic (exact) mass is 229 g/mol. The summed E-state index contributed by atoms with van der Waals surface area (Å²) in [5.74, 6) is 0.432. The SMILES string of the molecule is COC(/C=C(\N)NC(=O)OC(C)(C)C)=C/N. The van der Waals surface area contributed by atoms with Crippen LogP contribution in [-0.2, 0) is 9.47 Å². The van der Waals surface area contributed by atoms with Crippen LogP contribution in [0.25, 0.3) is 0 Å². The number of allylic oxidation sites excluding steroid dienone is 1. The van der Waals surface area contributed by atoms with Gasteiger partial charge in [0.1, 0.15) is 17.2 Å². The highest BCUT2D eigenvalue weighted by Gasteiger charge is 2.16. The highest BCUT2D eigenvalue weighted by atomic mass is 16.6. The van der Waals surface area contributed by atoms with Crippen molar-refractivity contribution >= 4 is 6.09 Å². The molecule has 0 aliphatic carbocycles. The summed E-state index contributed by atoms with van der Waals surface area (Å²) in [6.07, 6.45) is 1.97. The van der Waals surface area contributed by atoms with E-state index in [1.807, 2.05) is 0 Å². The molecule has 0 aromatic rings. The van der Waals surface area contributed by atoms with Crippen LogP contribution in [0.3, 0.4) is 0 Å². The molecule has 0 rings (SSSR count). The maximum atomic E-state index is 11.3. The Morgan fingerprint density at radius 2 is 1.94 bits per heavy atom. The van der Waals surface area contributed by atoms with E-state index in [1.165, 1.54) is 19.4 Å². The molecule has 0 aromatic heterocycles. The van der Waals surface area contributed by atoms with Gasteiger partial charge in [-0.15, -0.1) is 0 Å². The maximum absolute atomic E-state index is 11.3. The number of nitrogens with two attached hydrogens (primary N) is 2. The van der Waals surface area contributed by atoms with Crippen molar-refractivity contribution < 1.29 is 14.3 Å². The summed E-state index contributed by atoms with van der Waals surface area (Å²) in [6.45, 7) is 5.27. The third-order valence-electron chi connectivity index (χ3n) is 1.34. The highest BCUT2D eigenvalue weighted by Crippen LogP contribution is 2.06. The van der Waals surface area contributed by atoms with Gasteiger partial charge in [0.25, 0.3) is 0 Å². The molecule has 0 saturated heterocycles. The number of alkyl carbamates (subject to hydrolysis) is 1. The fourth-order valence-corrected chi connectivity index (χ4v) is 0.786. The lowest BCUT2D eigenvalue weighted by Crippen LogP contribution is -2.34. The summed E-state index contributed by atoms with van der Waals surface area (Å²) in [5.41, 5.74) is 10.2. The number of nitrogens with one attached hydrogen (secondary N) is 1. The molecule has 1 amide bonds. The van der Waals surface area contributed by atoms with Gasteiger partial charge in [0.2, 0.25) is 0 Å². The number of methoxy groups -OCH3 is 1. The average Bonchev–Trinajstić information content (AvgIpc) is 2.10. The van der Waals surface area contributed by atoms with E-state index in [9.17, 15) is 4.79 Å². The van der Waals surface area contributed by atoms with Gasteiger partial charge in [-0.3, -0.25) is 5.32 Å². The maximum Gasteiger partial charge on any atom is 0.413 e. The van der Waals surface area contributed by atoms with E-state index in [1.54, 1.807) is 20.8 Å². The van der Waals surface area contributed by atoms with Crippen molar-refractivity contribution in [1.82, 2.24) is 5.32 Å². The lowest BCUT2D eigenvalue weighted by molar-refractivity contribution is 0.0545. The molecule has 0 radical (unpaired) electrons. The van der Waals surface area contributed by atoms with Gasteiger partial charge in [-0.25, -0.2) is 4.79 Å². The lowest BCUT2D eigenvalue weighted by Gasteiger charge is -2.19. The van der Waals surface area contributed by atoms with Crippen molar-refractivity contribution in [1.29, 1.82) is 0 Å². The Balaban J connectivity index is 4.35. The molecule has 16 heavy (non-hydrogen) atoms. The molecule has 0 aliphatic heterocycles. The first-order valence-electron chi connectivity index (χ1n) is 4.71. The van der Waals surface area contributed by atoms with E-state index in [-0.39, 0.29) is 5.82 Å². The summed E-state index contributed by atoms with van der Waals surface area (Å²) in [4.78, 5) is 11.3. The van der Waals surface area contributed by atoms with Crippen molar-refractivity contribution in [3.05, 3.63) is 23.9 Å². The van der Waals surface area contributed by atoms with Gasteiger partial charge in [0, 0.05) is 12.3 Å². The molecule has 0 aromatic carbocycles. The van der Waals surface area contributed by atoms with Crippen molar-refractivity contribution in [2.24, 2.45) is 11.5 Å². The zero-order valence-corrected chi connectivity index (χ0v) is 10.0. The van der Waals surface area contributed by atoms with Crippen molar-refractivity contribution in [2.75, 3.05) is 7.11 Å². The van der Waals surface area contributed by atoms with Crippen LogP contribution in [0.5, 0.6) is 0 Å². The number of rotatable bonds is 3. The first kappa shape index (κ1) is 14.2. The van der Waals surface area contributed by atoms with E-state index in [0.717, 1.165) is 0 Å². The number of amides is 1. The molecule has 0 aliphatic rings. The summed E-state index contributed by atoms with van der Waals surface area (Å²) >= 11 is 0. The van der Waals surface area contributed by atoms with Gasteiger partial charge in [-0.05, 0) is 20.8 Å². The Labute approximate surface area is 95.3 Å². The molecule has 0 atom stereocenters. The van der Waals surface area contributed by atoms with Gasteiger partial charge < -0.3 is 20.9 Å². The number of ether oxygens (including phenoxy) is 2. The van der Waals surface area contributed by atoms with Crippen LogP contribution in [0.4, 0.5) is 4.79 Å². The Morgan fingerprint density at radius 3 is 2.31 bits per heavy atom. The third-order valence-corrected chi connectivity index (χ3v) is 1.34. The fourth-order valence-electron chi connectivity index (χ4n) is 0.786. The second kappa shape index (κ2) is 5.89. The number of carbonyl (C=O) groups is 1. The molecule has 0 heterocycles. The second-order valence-electron chi connectivity index (χ2n) is 4.00. The second-order valence-corrected chi connectivity index (χ2v) is 4.00. The molecule has 0 fully saturated rings. The van der Waals surface area contributed by atoms with E-state index in [2.05, 4.69) is 5.32 Å². The van der Waals surface area contributed by atoms with Crippen molar-refractivity contribution in [3.8, 4) is 0 Å². The van der Waals surface area contributed by atoms with Crippen LogP contribution in [0, 0.1) is 0 Å². The highest BCUT2D eigenvalue weighted by molar-refractivity contribution is 5.69. The Hall–Kier alpha value is -1.85. The summed E-state index contributed by atoms with van der Waals surface area (Å²) in [6, 6.07) is 0. The molecule has 5 N–H and O–H groups in total. The first-order chi connectivity index (χ1) is 7.28. The predicted octanol–water partition coefficient (Wildman–Crippen LogP) is 0.758. The molecule has 0 spiro atoms.